The van der Waals surface area contributed by atoms with Crippen LogP contribution in [0.4, 0.5) is 0 Å². The van der Waals surface area contributed by atoms with E-state index in [1.54, 1.807) is 43.3 Å². The molecule has 206 valence electrons. The summed E-state index contributed by atoms with van der Waals surface area (Å²) in [4.78, 5) is 25.7. The maximum Gasteiger partial charge on any atom is 0.251 e. The van der Waals surface area contributed by atoms with Crippen LogP contribution in [0, 0.1) is 0 Å². The maximum atomic E-state index is 13.7. The number of rotatable bonds is 9. The fourth-order valence-electron chi connectivity index (χ4n) is 4.55. The molecule has 0 spiro atoms. The Balaban J connectivity index is 1.53. The molecular formula is C29H32ClN3O5S. The number of sulfonamides is 1. The van der Waals surface area contributed by atoms with Crippen LogP contribution in [0.15, 0.2) is 83.8 Å². The molecule has 0 saturated carbocycles. The van der Waals surface area contributed by atoms with Gasteiger partial charge in [0.05, 0.1) is 17.0 Å². The Bertz CT molecular complexity index is 1380. The molecule has 4 rings (SSSR count). The van der Waals surface area contributed by atoms with E-state index in [-0.39, 0.29) is 23.3 Å². The number of nitrogens with one attached hydrogen (secondary N) is 2. The minimum atomic E-state index is -4.04. The summed E-state index contributed by atoms with van der Waals surface area (Å²) in [5.41, 5.74) is 1.69. The highest BCUT2D eigenvalue weighted by molar-refractivity contribution is 7.89. The second kappa shape index (κ2) is 12.7. The van der Waals surface area contributed by atoms with E-state index in [4.69, 9.17) is 11.6 Å². The SMILES string of the molecule is C[C@H](NC(=O)c1ccc(CN([C@@H]2CCCCNC2=O)S(=O)(=O)c2ccc(Cl)cc2)cc1)[C@H](O)c1ccccc1. The molecule has 3 aromatic carbocycles. The fourth-order valence-corrected chi connectivity index (χ4v) is 6.28. The molecule has 3 atom stereocenters. The highest BCUT2D eigenvalue weighted by atomic mass is 35.5. The third-order valence-electron chi connectivity index (χ3n) is 6.80. The first-order valence-electron chi connectivity index (χ1n) is 12.8. The molecule has 3 N–H and O–H groups in total. The van der Waals surface area contributed by atoms with E-state index in [1.807, 2.05) is 18.2 Å². The lowest BCUT2D eigenvalue weighted by Gasteiger charge is -2.29. The highest BCUT2D eigenvalue weighted by Crippen LogP contribution is 2.26. The van der Waals surface area contributed by atoms with Crippen LogP contribution in [0.1, 0.15) is 53.8 Å². The van der Waals surface area contributed by atoms with E-state index in [1.165, 1.54) is 28.6 Å². The smallest absolute Gasteiger partial charge is 0.251 e. The second-order valence-electron chi connectivity index (χ2n) is 9.62. The van der Waals surface area contributed by atoms with Crippen LogP contribution in [0.5, 0.6) is 0 Å². The van der Waals surface area contributed by atoms with Crippen LogP contribution >= 0.6 is 11.6 Å². The summed E-state index contributed by atoms with van der Waals surface area (Å²) >= 11 is 5.97. The summed E-state index contributed by atoms with van der Waals surface area (Å²) in [6.07, 6.45) is 1.02. The second-order valence-corrected chi connectivity index (χ2v) is 11.9. The highest BCUT2D eigenvalue weighted by Gasteiger charge is 2.36. The van der Waals surface area contributed by atoms with Crippen molar-refractivity contribution in [3.63, 3.8) is 0 Å². The molecule has 1 aliphatic rings. The predicted molar refractivity (Wildman–Crippen MR) is 150 cm³/mol. The standard InChI is InChI=1S/C29H32ClN3O5S/c1-20(27(34)22-7-3-2-4-8-22)32-28(35)23-12-10-21(11-13-23)19-33(26-9-5-6-18-31-29(26)36)39(37,38)25-16-14-24(30)15-17-25/h2-4,7-8,10-17,20,26-27,34H,5-6,9,18-19H2,1H3,(H,31,36)(H,32,35)/t20-,26+,27-/m0/s1. The molecule has 8 nitrogen and oxygen atoms in total. The van der Waals surface area contributed by atoms with Crippen molar-refractivity contribution in [3.05, 3.63) is 101 Å². The third kappa shape index (κ3) is 7.05. The van der Waals surface area contributed by atoms with Crippen molar-refractivity contribution >= 4 is 33.4 Å². The van der Waals surface area contributed by atoms with Gasteiger partial charge in [-0.3, -0.25) is 9.59 Å². The Labute approximate surface area is 234 Å². The number of aliphatic hydroxyl groups excluding tert-OH is 1. The van der Waals surface area contributed by atoms with Crippen LogP contribution in [0.2, 0.25) is 5.02 Å². The van der Waals surface area contributed by atoms with E-state index in [0.29, 0.717) is 41.1 Å². The molecule has 0 bridgehead atoms. The zero-order valence-electron chi connectivity index (χ0n) is 21.6. The van der Waals surface area contributed by atoms with Gasteiger partial charge in [0, 0.05) is 23.7 Å². The first kappa shape index (κ1) is 28.8. The van der Waals surface area contributed by atoms with Gasteiger partial charge < -0.3 is 15.7 Å². The van der Waals surface area contributed by atoms with Gasteiger partial charge in [-0.05, 0) is 73.7 Å². The molecule has 2 amide bonds. The van der Waals surface area contributed by atoms with Gasteiger partial charge >= 0.3 is 0 Å². The minimum absolute atomic E-state index is 0.0471. The summed E-state index contributed by atoms with van der Waals surface area (Å²) in [7, 11) is -4.04. The molecule has 1 heterocycles. The molecule has 0 aromatic heterocycles. The molecule has 3 aromatic rings. The van der Waals surface area contributed by atoms with Gasteiger partial charge in [-0.2, -0.15) is 4.31 Å². The van der Waals surface area contributed by atoms with Crippen LogP contribution in [0.3, 0.4) is 0 Å². The van der Waals surface area contributed by atoms with Crippen molar-refractivity contribution in [1.82, 2.24) is 14.9 Å². The molecule has 0 radical (unpaired) electrons. The monoisotopic (exact) mass is 569 g/mol. The van der Waals surface area contributed by atoms with E-state index >= 15 is 0 Å². The molecule has 10 heteroatoms. The number of nitrogens with zero attached hydrogens (tertiary/aromatic N) is 1. The number of halogens is 1. The van der Waals surface area contributed by atoms with Crippen molar-refractivity contribution in [2.45, 2.75) is 55.8 Å². The lowest BCUT2D eigenvalue weighted by atomic mass is 10.0. The Morgan fingerprint density at radius 2 is 1.72 bits per heavy atom. The summed E-state index contributed by atoms with van der Waals surface area (Å²) in [6.45, 7) is 2.18. The van der Waals surface area contributed by atoms with Crippen molar-refractivity contribution in [2.24, 2.45) is 0 Å². The summed E-state index contributed by atoms with van der Waals surface area (Å²) < 4.78 is 28.6. The molecular weight excluding hydrogens is 538 g/mol. The van der Waals surface area contributed by atoms with Crippen LogP contribution < -0.4 is 10.6 Å². The third-order valence-corrected chi connectivity index (χ3v) is 8.92. The van der Waals surface area contributed by atoms with Crippen LogP contribution in [0.25, 0.3) is 0 Å². The number of carbonyl (C=O) groups excluding carboxylic acids is 2. The van der Waals surface area contributed by atoms with E-state index in [0.717, 1.165) is 6.42 Å². The van der Waals surface area contributed by atoms with Crippen molar-refractivity contribution < 1.29 is 23.1 Å². The summed E-state index contributed by atoms with van der Waals surface area (Å²) in [6, 6.07) is 20.1. The van der Waals surface area contributed by atoms with Gasteiger partial charge in [-0.1, -0.05) is 54.1 Å². The lowest BCUT2D eigenvalue weighted by molar-refractivity contribution is -0.124. The van der Waals surface area contributed by atoms with E-state index < -0.39 is 28.2 Å². The fraction of sp³-hybridized carbons (Fsp3) is 0.310. The zero-order valence-corrected chi connectivity index (χ0v) is 23.2. The zero-order chi connectivity index (χ0) is 28.0. The Morgan fingerprint density at radius 1 is 1.05 bits per heavy atom. The predicted octanol–water partition coefficient (Wildman–Crippen LogP) is 4.05. The van der Waals surface area contributed by atoms with Gasteiger partial charge in [-0.25, -0.2) is 8.42 Å². The van der Waals surface area contributed by atoms with Crippen molar-refractivity contribution in [1.29, 1.82) is 0 Å². The number of amides is 2. The van der Waals surface area contributed by atoms with Crippen molar-refractivity contribution in [3.8, 4) is 0 Å². The first-order chi connectivity index (χ1) is 18.7. The number of hydrogen-bond donors (Lipinski definition) is 3. The first-order valence-corrected chi connectivity index (χ1v) is 14.7. The van der Waals surface area contributed by atoms with Gasteiger partial charge in [0.2, 0.25) is 15.9 Å². The maximum absolute atomic E-state index is 13.7. The number of benzene rings is 3. The lowest BCUT2D eigenvalue weighted by Crippen LogP contribution is -2.48. The van der Waals surface area contributed by atoms with Gasteiger partial charge in [0.25, 0.3) is 5.91 Å². The largest absolute Gasteiger partial charge is 0.386 e. The summed E-state index contributed by atoms with van der Waals surface area (Å²) in [5, 5.41) is 16.6. The summed E-state index contributed by atoms with van der Waals surface area (Å²) in [5.74, 6) is -0.690. The van der Waals surface area contributed by atoms with Gasteiger partial charge in [-0.15, -0.1) is 0 Å². The molecule has 1 saturated heterocycles. The molecule has 0 aliphatic carbocycles. The quantitative estimate of drug-likeness (QED) is 0.359. The molecule has 1 aliphatic heterocycles. The average Bonchev–Trinajstić information content (AvgIpc) is 3.16. The van der Waals surface area contributed by atoms with Crippen molar-refractivity contribution in [2.75, 3.05) is 6.54 Å². The Kier molecular flexibility index (Phi) is 9.40. The Hall–Kier alpha value is -3.24. The average molecular weight is 570 g/mol. The van der Waals surface area contributed by atoms with Crippen LogP contribution in [-0.4, -0.2) is 48.3 Å². The topological polar surface area (TPSA) is 116 Å². The minimum Gasteiger partial charge on any atom is -0.386 e. The Morgan fingerprint density at radius 3 is 2.38 bits per heavy atom. The van der Waals surface area contributed by atoms with E-state index in [2.05, 4.69) is 10.6 Å². The number of hydrogen-bond acceptors (Lipinski definition) is 5. The molecule has 1 fully saturated rings. The van der Waals surface area contributed by atoms with E-state index in [9.17, 15) is 23.1 Å². The van der Waals surface area contributed by atoms with Gasteiger partial charge in [0.1, 0.15) is 6.04 Å². The molecule has 39 heavy (non-hydrogen) atoms. The molecule has 0 unspecified atom stereocenters. The van der Waals surface area contributed by atoms with Gasteiger partial charge in [0.15, 0.2) is 0 Å². The van der Waals surface area contributed by atoms with Crippen LogP contribution in [-0.2, 0) is 21.4 Å². The number of carbonyl (C=O) groups is 2. The number of aliphatic hydroxyl groups is 1. The normalized spacial score (nSPS) is 17.6.